The van der Waals surface area contributed by atoms with Crippen LogP contribution in [0.1, 0.15) is 51.7 Å². The molecule has 188 valence electrons. The summed E-state index contributed by atoms with van der Waals surface area (Å²) in [4.78, 5) is 0. The van der Waals surface area contributed by atoms with Crippen molar-refractivity contribution in [3.63, 3.8) is 0 Å². The predicted octanol–water partition coefficient (Wildman–Crippen LogP) is 7.95. The topological polar surface area (TPSA) is 58.9 Å². The Morgan fingerprint density at radius 1 is 0.568 bits per heavy atom. The number of fused-ring (bicyclic) bond motifs is 2. The van der Waals surface area contributed by atoms with E-state index < -0.39 is 5.79 Å². The Morgan fingerprint density at radius 3 is 1.32 bits per heavy atom. The molecule has 2 heterocycles. The first-order chi connectivity index (χ1) is 17.6. The molecule has 4 heteroatoms. The van der Waals surface area contributed by atoms with Crippen LogP contribution >= 0.6 is 0 Å². The lowest BCUT2D eigenvalue weighted by molar-refractivity contribution is -0.166. The minimum Gasteiger partial charge on any atom is -0.507 e. The number of ether oxygens (including phenoxy) is 2. The van der Waals surface area contributed by atoms with E-state index in [4.69, 9.17) is 9.47 Å². The average Bonchev–Trinajstić information content (AvgIpc) is 2.85. The van der Waals surface area contributed by atoms with Crippen molar-refractivity contribution in [3.8, 4) is 45.3 Å². The van der Waals surface area contributed by atoms with E-state index in [2.05, 4.69) is 27.7 Å². The molecule has 0 fully saturated rings. The molecule has 0 aliphatic carbocycles. The van der Waals surface area contributed by atoms with Crippen molar-refractivity contribution < 1.29 is 19.7 Å². The Hall–Kier alpha value is -3.92. The van der Waals surface area contributed by atoms with E-state index >= 15 is 0 Å². The van der Waals surface area contributed by atoms with E-state index in [-0.39, 0.29) is 22.3 Å². The van der Waals surface area contributed by atoms with Crippen LogP contribution in [-0.2, 0) is 10.8 Å². The van der Waals surface area contributed by atoms with E-state index in [1.807, 2.05) is 84.9 Å². The molecule has 4 aromatic carbocycles. The average molecular weight is 493 g/mol. The van der Waals surface area contributed by atoms with Gasteiger partial charge in [-0.05, 0) is 35.4 Å². The molecule has 0 unspecified atom stereocenters. The summed E-state index contributed by atoms with van der Waals surface area (Å²) >= 11 is 0. The van der Waals surface area contributed by atoms with Crippen LogP contribution in [-0.4, -0.2) is 16.0 Å². The SMILES string of the molecule is CC1(C)CC2(CC(C)(C)c3cc(O)c(-c4ccccc4)cc3O2)Oc2cc(-c3ccccc3)c(O)cc21. The zero-order valence-corrected chi connectivity index (χ0v) is 21.7. The van der Waals surface area contributed by atoms with Crippen LogP contribution in [0.5, 0.6) is 23.0 Å². The minimum absolute atomic E-state index is 0.246. The smallest absolute Gasteiger partial charge is 0.252 e. The molecule has 2 aliphatic heterocycles. The zero-order valence-electron chi connectivity index (χ0n) is 21.7. The van der Waals surface area contributed by atoms with Crippen LogP contribution in [0.25, 0.3) is 22.3 Å². The second kappa shape index (κ2) is 8.04. The van der Waals surface area contributed by atoms with Crippen molar-refractivity contribution in [1.82, 2.24) is 0 Å². The highest BCUT2D eigenvalue weighted by Crippen LogP contribution is 2.56. The van der Waals surface area contributed by atoms with E-state index in [1.54, 1.807) is 0 Å². The summed E-state index contributed by atoms with van der Waals surface area (Å²) in [5, 5.41) is 21.8. The van der Waals surface area contributed by atoms with Gasteiger partial charge in [0, 0.05) is 45.9 Å². The monoisotopic (exact) mass is 492 g/mol. The van der Waals surface area contributed by atoms with Gasteiger partial charge >= 0.3 is 0 Å². The molecule has 2 N–H and O–H groups in total. The summed E-state index contributed by atoms with van der Waals surface area (Å²) in [5.41, 5.74) is 4.68. The molecular formula is C33H32O4. The molecule has 4 aromatic rings. The maximum absolute atomic E-state index is 10.9. The third-order valence-corrected chi connectivity index (χ3v) is 7.84. The summed E-state index contributed by atoms with van der Waals surface area (Å²) in [6.45, 7) is 8.71. The lowest BCUT2D eigenvalue weighted by Gasteiger charge is -2.51. The molecule has 0 amide bonds. The van der Waals surface area contributed by atoms with Crippen LogP contribution in [0.3, 0.4) is 0 Å². The number of rotatable bonds is 2. The molecule has 0 saturated heterocycles. The van der Waals surface area contributed by atoms with Gasteiger partial charge in [-0.15, -0.1) is 0 Å². The lowest BCUT2D eigenvalue weighted by atomic mass is 9.69. The van der Waals surface area contributed by atoms with Gasteiger partial charge in [0.2, 0.25) is 0 Å². The van der Waals surface area contributed by atoms with Gasteiger partial charge in [-0.2, -0.15) is 0 Å². The maximum atomic E-state index is 10.9. The lowest BCUT2D eigenvalue weighted by Crippen LogP contribution is -2.55. The number of hydrogen-bond donors (Lipinski definition) is 2. The van der Waals surface area contributed by atoms with Gasteiger partial charge in [0.25, 0.3) is 5.79 Å². The molecule has 4 nitrogen and oxygen atoms in total. The van der Waals surface area contributed by atoms with E-state index in [9.17, 15) is 10.2 Å². The maximum Gasteiger partial charge on any atom is 0.252 e. The molecule has 0 saturated carbocycles. The fourth-order valence-electron chi connectivity index (χ4n) is 6.23. The van der Waals surface area contributed by atoms with Crippen molar-refractivity contribution in [1.29, 1.82) is 0 Å². The van der Waals surface area contributed by atoms with Gasteiger partial charge in [0.15, 0.2) is 0 Å². The van der Waals surface area contributed by atoms with Crippen molar-refractivity contribution in [2.24, 2.45) is 0 Å². The summed E-state index contributed by atoms with van der Waals surface area (Å²) in [6, 6.07) is 27.3. The number of phenols is 2. The molecular weight excluding hydrogens is 460 g/mol. The number of benzene rings is 4. The van der Waals surface area contributed by atoms with Crippen molar-refractivity contribution in [3.05, 3.63) is 96.1 Å². The third kappa shape index (κ3) is 3.92. The Morgan fingerprint density at radius 2 is 0.946 bits per heavy atom. The van der Waals surface area contributed by atoms with Crippen LogP contribution in [0.2, 0.25) is 0 Å². The van der Waals surface area contributed by atoms with Crippen molar-refractivity contribution in [2.75, 3.05) is 0 Å². The van der Waals surface area contributed by atoms with Gasteiger partial charge < -0.3 is 19.7 Å². The molecule has 6 rings (SSSR count). The fourth-order valence-corrected chi connectivity index (χ4v) is 6.23. The number of hydrogen-bond acceptors (Lipinski definition) is 4. The van der Waals surface area contributed by atoms with E-state index in [0.29, 0.717) is 12.8 Å². The quantitative estimate of drug-likeness (QED) is 0.298. The van der Waals surface area contributed by atoms with Gasteiger partial charge in [-0.3, -0.25) is 0 Å². The first-order valence-electron chi connectivity index (χ1n) is 12.8. The third-order valence-electron chi connectivity index (χ3n) is 7.84. The van der Waals surface area contributed by atoms with E-state index in [1.165, 1.54) is 0 Å². The van der Waals surface area contributed by atoms with Crippen LogP contribution in [0, 0.1) is 0 Å². The molecule has 0 aromatic heterocycles. The molecule has 0 radical (unpaired) electrons. The Balaban J connectivity index is 1.46. The summed E-state index contributed by atoms with van der Waals surface area (Å²) in [6.07, 6.45) is 1.25. The molecule has 0 bridgehead atoms. The second-order valence-corrected chi connectivity index (χ2v) is 11.7. The standard InChI is InChI=1S/C33H32O4/c1-31(2)19-33(36-29-15-23(27(34)17-25(29)31)21-11-7-5-8-12-21)20-32(3,4)26-18-28(35)24(16-30(26)37-33)22-13-9-6-10-14-22/h5-18,34-35H,19-20H2,1-4H3. The first kappa shape index (κ1) is 23.5. The molecule has 1 spiro atoms. The van der Waals surface area contributed by atoms with Crippen LogP contribution in [0.4, 0.5) is 0 Å². The largest absolute Gasteiger partial charge is 0.507 e. The number of phenolic OH excluding ortho intramolecular Hbond substituents is 2. The van der Waals surface area contributed by atoms with Crippen molar-refractivity contribution in [2.45, 2.75) is 57.2 Å². The summed E-state index contributed by atoms with van der Waals surface area (Å²) < 4.78 is 13.6. The highest BCUT2D eigenvalue weighted by atomic mass is 16.7. The van der Waals surface area contributed by atoms with E-state index in [0.717, 1.165) is 44.9 Å². The Kier molecular flexibility index (Phi) is 5.10. The second-order valence-electron chi connectivity index (χ2n) is 11.7. The Labute approximate surface area is 218 Å². The van der Waals surface area contributed by atoms with Gasteiger partial charge in [-0.1, -0.05) is 88.4 Å². The normalized spacial score (nSPS) is 18.3. The fraction of sp³-hybridized carbons (Fsp3) is 0.273. The molecule has 37 heavy (non-hydrogen) atoms. The van der Waals surface area contributed by atoms with Gasteiger partial charge in [-0.25, -0.2) is 0 Å². The highest BCUT2D eigenvalue weighted by molar-refractivity contribution is 5.75. The summed E-state index contributed by atoms with van der Waals surface area (Å²) in [5.74, 6) is 1.07. The first-order valence-corrected chi connectivity index (χ1v) is 12.8. The molecule has 0 atom stereocenters. The number of aromatic hydroxyl groups is 2. The minimum atomic E-state index is -0.886. The molecule has 2 aliphatic rings. The predicted molar refractivity (Wildman–Crippen MR) is 146 cm³/mol. The summed E-state index contributed by atoms with van der Waals surface area (Å²) in [7, 11) is 0. The highest BCUT2D eigenvalue weighted by Gasteiger charge is 2.53. The van der Waals surface area contributed by atoms with Gasteiger partial charge in [0.05, 0.1) is 0 Å². The van der Waals surface area contributed by atoms with Crippen LogP contribution in [0.15, 0.2) is 84.9 Å². The zero-order chi connectivity index (χ0) is 26.0. The van der Waals surface area contributed by atoms with Crippen LogP contribution < -0.4 is 9.47 Å². The Bertz CT molecular complexity index is 1370. The van der Waals surface area contributed by atoms with Crippen molar-refractivity contribution >= 4 is 0 Å². The van der Waals surface area contributed by atoms with Gasteiger partial charge in [0.1, 0.15) is 23.0 Å².